The maximum atomic E-state index is 9.74. The monoisotopic (exact) mass is 234 g/mol. The molecule has 1 N–H and O–H groups in total. The van der Waals surface area contributed by atoms with Gasteiger partial charge in [-0.1, -0.05) is 50.1 Å². The van der Waals surface area contributed by atoms with Crippen LogP contribution in [0.4, 0.5) is 0 Å². The number of hydrogen-bond acceptors (Lipinski definition) is 2. The van der Waals surface area contributed by atoms with Crippen molar-refractivity contribution in [1.29, 1.82) is 0 Å². The Morgan fingerprint density at radius 1 is 1.18 bits per heavy atom. The number of benzene rings is 1. The molecule has 0 saturated carbocycles. The van der Waals surface area contributed by atoms with Gasteiger partial charge in [0.25, 0.3) is 5.95 Å². The van der Waals surface area contributed by atoms with Crippen molar-refractivity contribution in [3.8, 4) is 0 Å². The summed E-state index contributed by atoms with van der Waals surface area (Å²) < 4.78 is 5.31. The van der Waals surface area contributed by atoms with Crippen LogP contribution in [0.1, 0.15) is 38.7 Å². The van der Waals surface area contributed by atoms with Crippen LogP contribution in [0.25, 0.3) is 0 Å². The van der Waals surface area contributed by atoms with Crippen molar-refractivity contribution in [1.82, 2.24) is 0 Å². The van der Waals surface area contributed by atoms with Gasteiger partial charge in [0.15, 0.2) is 0 Å². The third-order valence-electron chi connectivity index (χ3n) is 2.66. The van der Waals surface area contributed by atoms with Crippen LogP contribution in [0.3, 0.4) is 0 Å². The van der Waals surface area contributed by atoms with Crippen molar-refractivity contribution in [3.63, 3.8) is 0 Å². The summed E-state index contributed by atoms with van der Waals surface area (Å²) in [6.45, 7) is 4.66. The SMILES string of the molecule is CCCCCOC(O)=C(C)Cc1ccccc1. The highest BCUT2D eigenvalue weighted by Gasteiger charge is 2.03. The van der Waals surface area contributed by atoms with Crippen LogP contribution < -0.4 is 0 Å². The van der Waals surface area contributed by atoms with Gasteiger partial charge in [-0.2, -0.15) is 0 Å². The molecule has 0 aliphatic heterocycles. The highest BCUT2D eigenvalue weighted by Crippen LogP contribution is 2.11. The quantitative estimate of drug-likeness (QED) is 0.565. The molecule has 94 valence electrons. The van der Waals surface area contributed by atoms with Gasteiger partial charge in [-0.15, -0.1) is 0 Å². The van der Waals surface area contributed by atoms with E-state index in [0.717, 1.165) is 31.3 Å². The second-order valence-electron chi connectivity index (χ2n) is 4.30. The van der Waals surface area contributed by atoms with Gasteiger partial charge in [-0.3, -0.25) is 0 Å². The highest BCUT2D eigenvalue weighted by atomic mass is 16.6. The molecule has 0 heterocycles. The first kappa shape index (κ1) is 13.6. The Labute approximate surface area is 104 Å². The van der Waals surface area contributed by atoms with E-state index >= 15 is 0 Å². The summed E-state index contributed by atoms with van der Waals surface area (Å²) in [5.74, 6) is 0.0879. The number of ether oxygens (including phenoxy) is 1. The van der Waals surface area contributed by atoms with E-state index in [0.29, 0.717) is 6.61 Å². The molecule has 0 atom stereocenters. The van der Waals surface area contributed by atoms with Gasteiger partial charge in [0.05, 0.1) is 6.61 Å². The molecule has 0 spiro atoms. The number of allylic oxidation sites excluding steroid dienone is 1. The molecular weight excluding hydrogens is 212 g/mol. The fourth-order valence-corrected chi connectivity index (χ4v) is 1.62. The molecule has 17 heavy (non-hydrogen) atoms. The first-order valence-electron chi connectivity index (χ1n) is 6.29. The van der Waals surface area contributed by atoms with Gasteiger partial charge >= 0.3 is 0 Å². The summed E-state index contributed by atoms with van der Waals surface area (Å²) in [5.41, 5.74) is 2.07. The maximum Gasteiger partial charge on any atom is 0.275 e. The lowest BCUT2D eigenvalue weighted by Gasteiger charge is -2.08. The lowest BCUT2D eigenvalue weighted by Crippen LogP contribution is -1.99. The average molecular weight is 234 g/mol. The second kappa shape index (κ2) is 7.77. The Balaban J connectivity index is 2.41. The van der Waals surface area contributed by atoms with Crippen molar-refractivity contribution in [2.75, 3.05) is 6.61 Å². The summed E-state index contributed by atoms with van der Waals surface area (Å²) >= 11 is 0. The smallest absolute Gasteiger partial charge is 0.275 e. The fraction of sp³-hybridized carbons (Fsp3) is 0.467. The average Bonchev–Trinajstić information content (AvgIpc) is 2.35. The molecule has 0 fully saturated rings. The predicted octanol–water partition coefficient (Wildman–Crippen LogP) is 4.23. The molecule has 1 rings (SSSR count). The van der Waals surface area contributed by atoms with E-state index in [9.17, 15) is 5.11 Å². The summed E-state index contributed by atoms with van der Waals surface area (Å²) in [6, 6.07) is 10.1. The third kappa shape index (κ3) is 5.43. The van der Waals surface area contributed by atoms with Crippen molar-refractivity contribution in [3.05, 3.63) is 47.4 Å². The van der Waals surface area contributed by atoms with E-state index in [-0.39, 0.29) is 5.95 Å². The van der Waals surface area contributed by atoms with Crippen LogP contribution in [-0.4, -0.2) is 11.7 Å². The number of unbranched alkanes of at least 4 members (excludes halogenated alkanes) is 2. The Morgan fingerprint density at radius 2 is 1.88 bits per heavy atom. The van der Waals surface area contributed by atoms with Gasteiger partial charge in [-0.25, -0.2) is 0 Å². The standard InChI is InChI=1S/C15H22O2/c1-3-4-8-11-17-15(16)13(2)12-14-9-6-5-7-10-14/h5-7,9-10,16H,3-4,8,11-12H2,1-2H3. The van der Waals surface area contributed by atoms with E-state index < -0.39 is 0 Å². The van der Waals surface area contributed by atoms with Gasteiger partial charge in [0.2, 0.25) is 0 Å². The number of rotatable bonds is 7. The van der Waals surface area contributed by atoms with Gasteiger partial charge in [-0.05, 0) is 18.9 Å². The van der Waals surface area contributed by atoms with Crippen LogP contribution in [0, 0.1) is 0 Å². The summed E-state index contributed by atoms with van der Waals surface area (Å²) in [5, 5.41) is 9.74. The zero-order valence-corrected chi connectivity index (χ0v) is 10.8. The van der Waals surface area contributed by atoms with E-state index in [4.69, 9.17) is 4.74 Å². The zero-order chi connectivity index (χ0) is 12.5. The van der Waals surface area contributed by atoms with Crippen molar-refractivity contribution < 1.29 is 9.84 Å². The molecular formula is C15H22O2. The molecule has 1 aromatic carbocycles. The summed E-state index contributed by atoms with van der Waals surface area (Å²) in [4.78, 5) is 0. The molecule has 0 bridgehead atoms. The lowest BCUT2D eigenvalue weighted by atomic mass is 10.1. The van der Waals surface area contributed by atoms with Crippen LogP contribution in [0.5, 0.6) is 0 Å². The number of aliphatic hydroxyl groups excluding tert-OH is 1. The second-order valence-corrected chi connectivity index (χ2v) is 4.30. The Morgan fingerprint density at radius 3 is 2.53 bits per heavy atom. The molecule has 0 amide bonds. The Bertz CT molecular complexity index is 341. The molecule has 0 aliphatic rings. The van der Waals surface area contributed by atoms with E-state index in [1.54, 1.807) is 0 Å². The third-order valence-corrected chi connectivity index (χ3v) is 2.66. The Hall–Kier alpha value is -1.44. The molecule has 2 heteroatoms. The first-order valence-corrected chi connectivity index (χ1v) is 6.29. The summed E-state index contributed by atoms with van der Waals surface area (Å²) in [6.07, 6.45) is 4.04. The normalized spacial score (nSPS) is 12.1. The fourth-order valence-electron chi connectivity index (χ4n) is 1.62. The molecule has 0 aromatic heterocycles. The van der Waals surface area contributed by atoms with E-state index in [1.807, 2.05) is 37.3 Å². The van der Waals surface area contributed by atoms with Gasteiger partial charge < -0.3 is 9.84 Å². The van der Waals surface area contributed by atoms with E-state index in [1.165, 1.54) is 5.56 Å². The number of hydrogen-bond donors (Lipinski definition) is 1. The van der Waals surface area contributed by atoms with Crippen LogP contribution in [0.15, 0.2) is 41.9 Å². The molecule has 2 nitrogen and oxygen atoms in total. The largest absolute Gasteiger partial charge is 0.481 e. The topological polar surface area (TPSA) is 29.5 Å². The Kier molecular flexibility index (Phi) is 6.23. The minimum Gasteiger partial charge on any atom is -0.481 e. The minimum absolute atomic E-state index is 0.0879. The van der Waals surface area contributed by atoms with Crippen molar-refractivity contribution in [2.24, 2.45) is 0 Å². The molecule has 0 radical (unpaired) electrons. The molecule has 0 saturated heterocycles. The van der Waals surface area contributed by atoms with Crippen LogP contribution in [0.2, 0.25) is 0 Å². The zero-order valence-electron chi connectivity index (χ0n) is 10.8. The van der Waals surface area contributed by atoms with Gasteiger partial charge in [0.1, 0.15) is 0 Å². The first-order chi connectivity index (χ1) is 8.24. The van der Waals surface area contributed by atoms with E-state index in [2.05, 4.69) is 6.92 Å². The molecule has 0 aliphatic carbocycles. The highest BCUT2D eigenvalue weighted by molar-refractivity contribution is 5.21. The maximum absolute atomic E-state index is 9.74. The minimum atomic E-state index is 0.0879. The predicted molar refractivity (Wildman–Crippen MR) is 71.0 cm³/mol. The van der Waals surface area contributed by atoms with Crippen LogP contribution in [-0.2, 0) is 11.2 Å². The van der Waals surface area contributed by atoms with Crippen molar-refractivity contribution in [2.45, 2.75) is 39.5 Å². The lowest BCUT2D eigenvalue weighted by molar-refractivity contribution is 0.0860. The number of aliphatic hydroxyl groups is 1. The van der Waals surface area contributed by atoms with Gasteiger partial charge in [0, 0.05) is 12.0 Å². The summed E-state index contributed by atoms with van der Waals surface area (Å²) in [7, 11) is 0. The van der Waals surface area contributed by atoms with Crippen molar-refractivity contribution >= 4 is 0 Å². The molecule has 0 unspecified atom stereocenters. The molecule has 1 aromatic rings. The van der Waals surface area contributed by atoms with Crippen LogP contribution >= 0.6 is 0 Å².